The molecule has 0 spiro atoms. The fraction of sp³-hybridized carbons (Fsp3) is 0.133. The standard InChI is InChI=1S/C15H12BrN/c16-10-14-13-6-2-1-4-11(13)7-8-12-5-3-9-17-15(12)14/h1-6,9-10H,7-8H2/b14-10+. The summed E-state index contributed by atoms with van der Waals surface area (Å²) in [5, 5.41) is 0. The van der Waals surface area contributed by atoms with Gasteiger partial charge < -0.3 is 0 Å². The number of benzene rings is 1. The second-order valence-electron chi connectivity index (χ2n) is 4.19. The Morgan fingerprint density at radius 1 is 1.00 bits per heavy atom. The second kappa shape index (κ2) is 4.46. The quantitative estimate of drug-likeness (QED) is 0.714. The van der Waals surface area contributed by atoms with Gasteiger partial charge in [-0.2, -0.15) is 0 Å². The summed E-state index contributed by atoms with van der Waals surface area (Å²) >= 11 is 3.48. The van der Waals surface area contributed by atoms with Crippen LogP contribution in [-0.2, 0) is 12.8 Å². The summed E-state index contributed by atoms with van der Waals surface area (Å²) in [7, 11) is 0. The zero-order chi connectivity index (χ0) is 11.7. The molecule has 1 aliphatic carbocycles. The average molecular weight is 286 g/mol. The molecule has 1 heterocycles. The number of nitrogens with zero attached hydrogens (tertiary/aromatic N) is 1. The third-order valence-electron chi connectivity index (χ3n) is 3.23. The van der Waals surface area contributed by atoms with Crippen LogP contribution in [0.15, 0.2) is 47.6 Å². The van der Waals surface area contributed by atoms with Crippen LogP contribution in [0.25, 0.3) is 5.57 Å². The predicted octanol–water partition coefficient (Wildman–Crippen LogP) is 3.96. The molecule has 0 fully saturated rings. The normalized spacial score (nSPS) is 16.2. The summed E-state index contributed by atoms with van der Waals surface area (Å²) in [6, 6.07) is 12.8. The van der Waals surface area contributed by atoms with Crippen LogP contribution in [0.1, 0.15) is 22.4 Å². The van der Waals surface area contributed by atoms with Crippen molar-refractivity contribution in [2.75, 3.05) is 0 Å². The SMILES string of the molecule is Br/C=C1\c2ccccc2CCc2cccnc21. The van der Waals surface area contributed by atoms with E-state index in [1.807, 2.05) is 17.2 Å². The van der Waals surface area contributed by atoms with E-state index < -0.39 is 0 Å². The maximum atomic E-state index is 4.53. The van der Waals surface area contributed by atoms with E-state index in [0.29, 0.717) is 0 Å². The molecule has 0 saturated carbocycles. The monoisotopic (exact) mass is 285 g/mol. The zero-order valence-electron chi connectivity index (χ0n) is 9.36. The molecule has 0 N–H and O–H groups in total. The molecule has 0 aliphatic heterocycles. The van der Waals surface area contributed by atoms with Crippen LogP contribution < -0.4 is 0 Å². The predicted molar refractivity (Wildman–Crippen MR) is 74.1 cm³/mol. The van der Waals surface area contributed by atoms with Crippen LogP contribution in [0.3, 0.4) is 0 Å². The van der Waals surface area contributed by atoms with Crippen molar-refractivity contribution in [2.45, 2.75) is 12.8 Å². The Labute approximate surface area is 109 Å². The van der Waals surface area contributed by atoms with Crippen molar-refractivity contribution in [1.29, 1.82) is 0 Å². The first-order chi connectivity index (χ1) is 8.40. The van der Waals surface area contributed by atoms with Crippen molar-refractivity contribution in [3.8, 4) is 0 Å². The third kappa shape index (κ3) is 1.83. The molecule has 1 aromatic heterocycles. The summed E-state index contributed by atoms with van der Waals surface area (Å²) in [6.45, 7) is 0. The lowest BCUT2D eigenvalue weighted by molar-refractivity contribution is 0.955. The molecule has 2 heteroatoms. The van der Waals surface area contributed by atoms with E-state index >= 15 is 0 Å². The highest BCUT2D eigenvalue weighted by atomic mass is 79.9. The van der Waals surface area contributed by atoms with Gasteiger partial charge in [-0.05, 0) is 40.6 Å². The summed E-state index contributed by atoms with van der Waals surface area (Å²) < 4.78 is 0. The molecule has 1 aromatic carbocycles. The van der Waals surface area contributed by atoms with Gasteiger partial charge in [0.15, 0.2) is 0 Å². The number of rotatable bonds is 0. The van der Waals surface area contributed by atoms with E-state index in [0.717, 1.165) is 18.5 Å². The van der Waals surface area contributed by atoms with Gasteiger partial charge in [-0.25, -0.2) is 0 Å². The van der Waals surface area contributed by atoms with Gasteiger partial charge in [0.05, 0.1) is 5.69 Å². The Morgan fingerprint density at radius 3 is 2.65 bits per heavy atom. The van der Waals surface area contributed by atoms with Crippen molar-refractivity contribution < 1.29 is 0 Å². The molecule has 0 atom stereocenters. The molecule has 3 rings (SSSR count). The van der Waals surface area contributed by atoms with Crippen LogP contribution in [0.4, 0.5) is 0 Å². The first kappa shape index (κ1) is 10.7. The number of fused-ring (bicyclic) bond motifs is 2. The van der Waals surface area contributed by atoms with Gasteiger partial charge in [-0.15, -0.1) is 0 Å². The van der Waals surface area contributed by atoms with Gasteiger partial charge in [-0.3, -0.25) is 4.98 Å². The van der Waals surface area contributed by atoms with Gasteiger partial charge >= 0.3 is 0 Å². The molecular weight excluding hydrogens is 274 g/mol. The van der Waals surface area contributed by atoms with Crippen molar-refractivity contribution in [2.24, 2.45) is 0 Å². The van der Waals surface area contributed by atoms with Crippen molar-refractivity contribution >= 4 is 21.5 Å². The Morgan fingerprint density at radius 2 is 1.76 bits per heavy atom. The smallest absolute Gasteiger partial charge is 0.0745 e. The fourth-order valence-corrected chi connectivity index (χ4v) is 2.85. The Balaban J connectivity index is 2.27. The molecule has 1 aliphatic rings. The third-order valence-corrected chi connectivity index (χ3v) is 3.68. The van der Waals surface area contributed by atoms with E-state index in [9.17, 15) is 0 Å². The highest BCUT2D eigenvalue weighted by Crippen LogP contribution is 2.32. The van der Waals surface area contributed by atoms with Crippen LogP contribution in [0, 0.1) is 0 Å². The van der Waals surface area contributed by atoms with Gasteiger partial charge in [0, 0.05) is 11.8 Å². The lowest BCUT2D eigenvalue weighted by Crippen LogP contribution is -1.94. The van der Waals surface area contributed by atoms with E-state index in [4.69, 9.17) is 0 Å². The lowest BCUT2D eigenvalue weighted by atomic mass is 9.99. The fourth-order valence-electron chi connectivity index (χ4n) is 2.39. The first-order valence-electron chi connectivity index (χ1n) is 5.73. The average Bonchev–Trinajstić information content (AvgIpc) is 2.55. The molecule has 1 nitrogen and oxygen atoms in total. The molecule has 0 bridgehead atoms. The summed E-state index contributed by atoms with van der Waals surface area (Å²) in [5.74, 6) is 0. The maximum absolute atomic E-state index is 4.53. The molecular formula is C15H12BrN. The highest BCUT2D eigenvalue weighted by Gasteiger charge is 2.17. The molecule has 0 unspecified atom stereocenters. The van der Waals surface area contributed by atoms with Gasteiger partial charge in [-0.1, -0.05) is 46.3 Å². The Kier molecular flexibility index (Phi) is 2.81. The lowest BCUT2D eigenvalue weighted by Gasteiger charge is -2.08. The van der Waals surface area contributed by atoms with Crippen LogP contribution >= 0.6 is 15.9 Å². The number of aromatic nitrogens is 1. The summed E-state index contributed by atoms with van der Waals surface area (Å²) in [4.78, 5) is 6.52. The van der Waals surface area contributed by atoms with Crippen molar-refractivity contribution in [1.82, 2.24) is 4.98 Å². The zero-order valence-corrected chi connectivity index (χ0v) is 10.9. The molecule has 0 radical (unpaired) electrons. The molecule has 0 saturated heterocycles. The topological polar surface area (TPSA) is 12.9 Å². The van der Waals surface area contributed by atoms with Crippen molar-refractivity contribution in [3.05, 3.63) is 70.0 Å². The Hall–Kier alpha value is -1.41. The summed E-state index contributed by atoms with van der Waals surface area (Å²) in [6.07, 6.45) is 4.01. The van der Waals surface area contributed by atoms with Gasteiger partial charge in [0.25, 0.3) is 0 Å². The molecule has 2 aromatic rings. The van der Waals surface area contributed by atoms with E-state index in [2.05, 4.69) is 51.2 Å². The minimum Gasteiger partial charge on any atom is -0.256 e. The van der Waals surface area contributed by atoms with Crippen LogP contribution in [-0.4, -0.2) is 4.98 Å². The molecule has 0 amide bonds. The van der Waals surface area contributed by atoms with Crippen molar-refractivity contribution in [3.63, 3.8) is 0 Å². The Bertz CT molecular complexity index is 537. The summed E-state index contributed by atoms with van der Waals surface area (Å²) in [5.41, 5.74) is 6.32. The highest BCUT2D eigenvalue weighted by molar-refractivity contribution is 9.11. The molecule has 84 valence electrons. The van der Waals surface area contributed by atoms with Gasteiger partial charge in [0.2, 0.25) is 0 Å². The van der Waals surface area contributed by atoms with E-state index in [-0.39, 0.29) is 0 Å². The van der Waals surface area contributed by atoms with E-state index in [1.165, 1.54) is 22.3 Å². The van der Waals surface area contributed by atoms with E-state index in [1.54, 1.807) is 0 Å². The number of pyridine rings is 1. The molecule has 17 heavy (non-hydrogen) atoms. The minimum absolute atomic E-state index is 1.06. The maximum Gasteiger partial charge on any atom is 0.0745 e. The minimum atomic E-state index is 1.06. The number of halogens is 1. The number of hydrogen-bond acceptors (Lipinski definition) is 1. The number of hydrogen-bond donors (Lipinski definition) is 0. The van der Waals surface area contributed by atoms with Gasteiger partial charge in [0.1, 0.15) is 0 Å². The largest absolute Gasteiger partial charge is 0.256 e. The number of aryl methyl sites for hydroxylation is 2. The van der Waals surface area contributed by atoms with Crippen LogP contribution in [0.5, 0.6) is 0 Å². The first-order valence-corrected chi connectivity index (χ1v) is 6.64. The van der Waals surface area contributed by atoms with Crippen LogP contribution in [0.2, 0.25) is 0 Å². The second-order valence-corrected chi connectivity index (χ2v) is 4.65.